The highest BCUT2D eigenvalue weighted by molar-refractivity contribution is 7.98. The van der Waals surface area contributed by atoms with Crippen molar-refractivity contribution in [3.05, 3.63) is 11.5 Å². The van der Waals surface area contributed by atoms with E-state index in [1.54, 1.807) is 0 Å². The maximum absolute atomic E-state index is 11.6. The van der Waals surface area contributed by atoms with Gasteiger partial charge >= 0.3 is 0 Å². The summed E-state index contributed by atoms with van der Waals surface area (Å²) in [6, 6.07) is 0. The van der Waals surface area contributed by atoms with Crippen molar-refractivity contribution in [3.8, 4) is 0 Å². The van der Waals surface area contributed by atoms with Crippen LogP contribution in [0.3, 0.4) is 0 Å². The average molecular weight is 238 g/mol. The molecule has 1 aliphatic heterocycles. The minimum Gasteiger partial charge on any atom is -0.228 e. The van der Waals surface area contributed by atoms with Crippen molar-refractivity contribution in [2.24, 2.45) is 0 Å². The molecule has 1 heterocycles. The lowest BCUT2D eigenvalue weighted by molar-refractivity contribution is 0.584. The highest BCUT2D eigenvalue weighted by atomic mass is 32.2. The molecule has 0 spiro atoms. The van der Waals surface area contributed by atoms with E-state index in [0.717, 1.165) is 11.8 Å². The van der Waals surface area contributed by atoms with Gasteiger partial charge in [0.2, 0.25) is 0 Å². The summed E-state index contributed by atoms with van der Waals surface area (Å²) in [6.07, 6.45) is 2.66. The van der Waals surface area contributed by atoms with Crippen LogP contribution in [0.15, 0.2) is 11.5 Å². The van der Waals surface area contributed by atoms with E-state index in [-0.39, 0.29) is 11.5 Å². The van der Waals surface area contributed by atoms with Gasteiger partial charge in [0.1, 0.15) is 0 Å². The Morgan fingerprint density at radius 3 is 2.50 bits per heavy atom. The van der Waals surface area contributed by atoms with E-state index in [0.29, 0.717) is 6.42 Å². The summed E-state index contributed by atoms with van der Waals surface area (Å²) in [5.74, 6) is -0.201. The summed E-state index contributed by atoms with van der Waals surface area (Å²) in [4.78, 5) is 0. The van der Waals surface area contributed by atoms with Gasteiger partial charge in [-0.1, -0.05) is 19.4 Å². The molecule has 82 valence electrons. The minimum atomic E-state index is -3.26. The highest BCUT2D eigenvalue weighted by Gasteiger charge is 2.31. The molecule has 1 atom stereocenters. The predicted octanol–water partition coefficient (Wildman–Crippen LogP) is 0.512. The Morgan fingerprint density at radius 1 is 1.43 bits per heavy atom. The van der Waals surface area contributed by atoms with Gasteiger partial charge in [0, 0.05) is 5.41 Å². The molecular formula is C8H14O4S2. The second-order valence-electron chi connectivity index (χ2n) is 3.42. The molecule has 1 aliphatic rings. The zero-order valence-corrected chi connectivity index (χ0v) is 9.64. The summed E-state index contributed by atoms with van der Waals surface area (Å²) >= 11 is 0. The first-order chi connectivity index (χ1) is 6.37. The Kier molecular flexibility index (Phi) is 3.36. The number of sulfone groups is 2. The third kappa shape index (κ3) is 2.81. The van der Waals surface area contributed by atoms with Crippen molar-refractivity contribution in [1.82, 2.24) is 0 Å². The second kappa shape index (κ2) is 4.02. The van der Waals surface area contributed by atoms with Crippen LogP contribution in [0.5, 0.6) is 0 Å². The summed E-state index contributed by atoms with van der Waals surface area (Å²) in [7, 11) is -6.52. The SMILES string of the molecule is CCCCS(=O)(=O)[C@@H]1C=CS(=O)(=O)C1. The molecule has 0 aromatic heterocycles. The first-order valence-corrected chi connectivity index (χ1v) is 7.93. The Hall–Kier alpha value is -0.360. The molecular weight excluding hydrogens is 224 g/mol. The molecule has 1 rings (SSSR count). The van der Waals surface area contributed by atoms with Gasteiger partial charge in [-0.3, -0.25) is 0 Å². The largest absolute Gasteiger partial charge is 0.228 e. The summed E-state index contributed by atoms with van der Waals surface area (Å²) in [5, 5.41) is 0.181. The molecule has 6 heteroatoms. The first-order valence-electron chi connectivity index (χ1n) is 4.50. The van der Waals surface area contributed by atoms with E-state index in [1.165, 1.54) is 6.08 Å². The minimum absolute atomic E-state index is 0.0774. The Labute approximate surface area is 84.8 Å². The van der Waals surface area contributed by atoms with Crippen LogP contribution >= 0.6 is 0 Å². The van der Waals surface area contributed by atoms with E-state index in [4.69, 9.17) is 0 Å². The summed E-state index contributed by atoms with van der Waals surface area (Å²) in [6.45, 7) is 1.90. The van der Waals surface area contributed by atoms with Crippen LogP contribution in [0.25, 0.3) is 0 Å². The van der Waals surface area contributed by atoms with Gasteiger partial charge in [0.25, 0.3) is 0 Å². The number of hydrogen-bond donors (Lipinski definition) is 0. The fourth-order valence-corrected chi connectivity index (χ4v) is 5.19. The molecule has 0 aromatic rings. The molecule has 0 radical (unpaired) electrons. The lowest BCUT2D eigenvalue weighted by atomic mass is 10.4. The van der Waals surface area contributed by atoms with E-state index in [9.17, 15) is 16.8 Å². The van der Waals surface area contributed by atoms with Crippen molar-refractivity contribution < 1.29 is 16.8 Å². The van der Waals surface area contributed by atoms with Crippen LogP contribution in [-0.2, 0) is 19.7 Å². The van der Waals surface area contributed by atoms with E-state index >= 15 is 0 Å². The number of hydrogen-bond acceptors (Lipinski definition) is 4. The molecule has 4 nitrogen and oxygen atoms in total. The van der Waals surface area contributed by atoms with Gasteiger partial charge in [-0.2, -0.15) is 0 Å². The lowest BCUT2D eigenvalue weighted by Gasteiger charge is -2.07. The van der Waals surface area contributed by atoms with E-state index < -0.39 is 24.9 Å². The number of rotatable bonds is 4. The Balaban J connectivity index is 2.73. The third-order valence-electron chi connectivity index (χ3n) is 2.14. The molecule has 0 saturated heterocycles. The van der Waals surface area contributed by atoms with Crippen LogP contribution in [-0.4, -0.2) is 33.6 Å². The van der Waals surface area contributed by atoms with Gasteiger partial charge < -0.3 is 0 Å². The molecule has 0 aliphatic carbocycles. The molecule has 0 saturated carbocycles. The van der Waals surface area contributed by atoms with Crippen molar-refractivity contribution in [2.75, 3.05) is 11.5 Å². The van der Waals surface area contributed by atoms with Gasteiger partial charge in [-0.15, -0.1) is 0 Å². The van der Waals surface area contributed by atoms with Gasteiger partial charge in [0.15, 0.2) is 19.7 Å². The van der Waals surface area contributed by atoms with Gasteiger partial charge in [-0.25, -0.2) is 16.8 Å². The van der Waals surface area contributed by atoms with E-state index in [1.807, 2.05) is 6.92 Å². The van der Waals surface area contributed by atoms with Crippen LogP contribution < -0.4 is 0 Å². The monoisotopic (exact) mass is 238 g/mol. The molecule has 14 heavy (non-hydrogen) atoms. The Bertz CT molecular complexity index is 416. The average Bonchev–Trinajstić information content (AvgIpc) is 2.43. The fourth-order valence-electron chi connectivity index (χ4n) is 1.27. The standard InChI is InChI=1S/C8H14O4S2/c1-2-3-5-14(11,12)8-4-6-13(9,10)7-8/h4,6,8H,2-3,5,7H2,1H3/t8-/m1/s1. The smallest absolute Gasteiger partial charge is 0.172 e. The molecule has 0 aromatic carbocycles. The van der Waals surface area contributed by atoms with Crippen LogP contribution in [0, 0.1) is 0 Å². The molecule has 0 unspecified atom stereocenters. The van der Waals surface area contributed by atoms with Gasteiger partial charge in [-0.05, 0) is 6.42 Å². The highest BCUT2D eigenvalue weighted by Crippen LogP contribution is 2.17. The van der Waals surface area contributed by atoms with Crippen molar-refractivity contribution in [2.45, 2.75) is 25.0 Å². The molecule has 0 amide bonds. The zero-order valence-electron chi connectivity index (χ0n) is 8.01. The van der Waals surface area contributed by atoms with Gasteiger partial charge in [0.05, 0.1) is 16.8 Å². The maximum atomic E-state index is 11.6. The fraction of sp³-hybridized carbons (Fsp3) is 0.750. The zero-order chi connectivity index (χ0) is 10.8. The normalized spacial score (nSPS) is 25.4. The topological polar surface area (TPSA) is 68.3 Å². The third-order valence-corrected chi connectivity index (χ3v) is 5.85. The first kappa shape index (κ1) is 11.7. The lowest BCUT2D eigenvalue weighted by Crippen LogP contribution is -2.25. The van der Waals surface area contributed by atoms with Crippen LogP contribution in [0.4, 0.5) is 0 Å². The van der Waals surface area contributed by atoms with Crippen LogP contribution in [0.1, 0.15) is 19.8 Å². The quantitative estimate of drug-likeness (QED) is 0.715. The maximum Gasteiger partial charge on any atom is 0.172 e. The van der Waals surface area contributed by atoms with Crippen molar-refractivity contribution in [1.29, 1.82) is 0 Å². The Morgan fingerprint density at radius 2 is 2.07 bits per heavy atom. The van der Waals surface area contributed by atoms with Crippen molar-refractivity contribution in [3.63, 3.8) is 0 Å². The predicted molar refractivity (Wildman–Crippen MR) is 55.4 cm³/mol. The number of unbranched alkanes of at least 4 members (excludes halogenated alkanes) is 1. The van der Waals surface area contributed by atoms with Crippen molar-refractivity contribution >= 4 is 19.7 Å². The molecule has 0 fully saturated rings. The molecule has 0 N–H and O–H groups in total. The van der Waals surface area contributed by atoms with Crippen LogP contribution in [0.2, 0.25) is 0 Å². The molecule has 0 bridgehead atoms. The summed E-state index contributed by atoms with van der Waals surface area (Å²) in [5.41, 5.74) is 0. The van der Waals surface area contributed by atoms with E-state index in [2.05, 4.69) is 0 Å². The summed E-state index contributed by atoms with van der Waals surface area (Å²) < 4.78 is 45.1. The second-order valence-corrected chi connectivity index (χ2v) is 7.69.